The summed E-state index contributed by atoms with van der Waals surface area (Å²) < 4.78 is 0. The summed E-state index contributed by atoms with van der Waals surface area (Å²) in [5, 5.41) is 6.65. The van der Waals surface area contributed by atoms with Gasteiger partial charge in [-0.3, -0.25) is 0 Å². The fourth-order valence-corrected chi connectivity index (χ4v) is 3.68. The lowest BCUT2D eigenvalue weighted by Gasteiger charge is -2.35. The van der Waals surface area contributed by atoms with Gasteiger partial charge in [0.2, 0.25) is 0 Å². The van der Waals surface area contributed by atoms with Crippen LogP contribution in [0.2, 0.25) is 5.02 Å². The smallest absolute Gasteiger partial charge is 0.322 e. The maximum Gasteiger partial charge on any atom is 0.322 e. The zero-order chi connectivity index (χ0) is 21.8. The summed E-state index contributed by atoms with van der Waals surface area (Å²) in [6, 6.07) is 13.0. The number of amides is 2. The maximum atomic E-state index is 12.7. The Kier molecular flexibility index (Phi) is 6.18. The molecule has 160 valence electrons. The molecule has 2 amide bonds. The maximum absolute atomic E-state index is 12.7. The third kappa shape index (κ3) is 5.21. The molecule has 2 N–H and O–H groups in total. The molecule has 31 heavy (non-hydrogen) atoms. The molecule has 0 bridgehead atoms. The van der Waals surface area contributed by atoms with Gasteiger partial charge >= 0.3 is 6.03 Å². The van der Waals surface area contributed by atoms with E-state index in [0.29, 0.717) is 48.5 Å². The van der Waals surface area contributed by atoms with E-state index in [4.69, 9.17) is 11.6 Å². The number of nitrogens with zero attached hydrogens (tertiary/aromatic N) is 5. The Balaban J connectivity index is 1.38. The van der Waals surface area contributed by atoms with Crippen molar-refractivity contribution in [2.75, 3.05) is 41.7 Å². The lowest BCUT2D eigenvalue weighted by Crippen LogP contribution is -2.50. The van der Waals surface area contributed by atoms with Gasteiger partial charge in [-0.15, -0.1) is 0 Å². The monoisotopic (exact) mass is 437 g/mol. The largest absolute Gasteiger partial charge is 0.353 e. The molecule has 2 aromatic heterocycles. The molecular formula is C22H24ClN7O. The second kappa shape index (κ2) is 9.18. The van der Waals surface area contributed by atoms with Gasteiger partial charge in [0.15, 0.2) is 0 Å². The van der Waals surface area contributed by atoms with Crippen molar-refractivity contribution in [3.05, 3.63) is 65.1 Å². The van der Waals surface area contributed by atoms with Gasteiger partial charge in [0.25, 0.3) is 0 Å². The Labute approximate surface area is 186 Å². The van der Waals surface area contributed by atoms with Crippen LogP contribution in [0.1, 0.15) is 11.4 Å². The molecule has 1 aliphatic rings. The van der Waals surface area contributed by atoms with Crippen LogP contribution in [0.5, 0.6) is 0 Å². The molecule has 3 aromatic rings. The summed E-state index contributed by atoms with van der Waals surface area (Å²) in [6.45, 7) is 6.34. The number of benzene rings is 1. The van der Waals surface area contributed by atoms with Crippen LogP contribution in [0.3, 0.4) is 0 Å². The van der Waals surface area contributed by atoms with Crippen molar-refractivity contribution in [2.45, 2.75) is 13.8 Å². The predicted octanol–water partition coefficient (Wildman–Crippen LogP) is 4.24. The highest BCUT2D eigenvalue weighted by atomic mass is 35.5. The first kappa shape index (κ1) is 20.9. The first-order chi connectivity index (χ1) is 15.0. The van der Waals surface area contributed by atoms with Crippen LogP contribution in [0.15, 0.2) is 48.7 Å². The van der Waals surface area contributed by atoms with Gasteiger partial charge in [-0.1, -0.05) is 23.7 Å². The fraction of sp³-hybridized carbons (Fsp3) is 0.273. The average molecular weight is 438 g/mol. The van der Waals surface area contributed by atoms with Crippen LogP contribution in [-0.2, 0) is 0 Å². The second-order valence-electron chi connectivity index (χ2n) is 7.39. The van der Waals surface area contributed by atoms with Crippen LogP contribution < -0.4 is 15.5 Å². The normalized spacial score (nSPS) is 13.8. The highest BCUT2D eigenvalue weighted by Crippen LogP contribution is 2.24. The first-order valence-electron chi connectivity index (χ1n) is 10.1. The second-order valence-corrected chi connectivity index (χ2v) is 7.79. The van der Waals surface area contributed by atoms with Crippen molar-refractivity contribution in [3.63, 3.8) is 0 Å². The highest BCUT2D eigenvalue weighted by Gasteiger charge is 2.23. The third-order valence-electron chi connectivity index (χ3n) is 5.00. The molecule has 4 rings (SSSR count). The SMILES string of the molecule is Cc1ccc(NC(=O)N2CCN(c3cc(Nc4ccccn4)nc(C)n3)CC2)c(Cl)c1. The fourth-order valence-electron chi connectivity index (χ4n) is 3.40. The van der Waals surface area contributed by atoms with Gasteiger partial charge < -0.3 is 20.4 Å². The third-order valence-corrected chi connectivity index (χ3v) is 5.32. The summed E-state index contributed by atoms with van der Waals surface area (Å²) >= 11 is 6.24. The molecule has 3 heterocycles. The van der Waals surface area contributed by atoms with E-state index >= 15 is 0 Å². The Morgan fingerprint density at radius 3 is 2.52 bits per heavy atom. The molecule has 0 radical (unpaired) electrons. The number of hydrogen-bond acceptors (Lipinski definition) is 6. The van der Waals surface area contributed by atoms with Gasteiger partial charge in [0, 0.05) is 38.4 Å². The molecule has 0 spiro atoms. The predicted molar refractivity (Wildman–Crippen MR) is 123 cm³/mol. The molecule has 8 nitrogen and oxygen atoms in total. The zero-order valence-corrected chi connectivity index (χ0v) is 18.2. The van der Waals surface area contributed by atoms with E-state index in [9.17, 15) is 4.79 Å². The molecule has 1 saturated heterocycles. The number of aromatic nitrogens is 3. The number of nitrogens with one attached hydrogen (secondary N) is 2. The van der Waals surface area contributed by atoms with Crippen molar-refractivity contribution in [3.8, 4) is 0 Å². The number of aryl methyl sites for hydroxylation is 2. The minimum atomic E-state index is -0.151. The van der Waals surface area contributed by atoms with Crippen molar-refractivity contribution in [2.24, 2.45) is 0 Å². The van der Waals surface area contributed by atoms with E-state index in [1.54, 1.807) is 11.1 Å². The number of halogens is 1. The number of rotatable bonds is 4. The molecule has 1 aliphatic heterocycles. The molecule has 1 fully saturated rings. The van der Waals surface area contributed by atoms with Gasteiger partial charge in [-0.25, -0.2) is 19.7 Å². The molecule has 0 unspecified atom stereocenters. The lowest BCUT2D eigenvalue weighted by molar-refractivity contribution is 0.208. The molecule has 9 heteroatoms. The van der Waals surface area contributed by atoms with E-state index in [0.717, 1.165) is 17.2 Å². The number of carbonyl (C=O) groups is 1. The van der Waals surface area contributed by atoms with Crippen LogP contribution >= 0.6 is 11.6 Å². The quantitative estimate of drug-likeness (QED) is 0.634. The van der Waals surface area contributed by atoms with E-state index in [1.807, 2.05) is 56.3 Å². The molecule has 1 aromatic carbocycles. The first-order valence-corrected chi connectivity index (χ1v) is 10.5. The Morgan fingerprint density at radius 1 is 1.00 bits per heavy atom. The number of anilines is 4. The summed E-state index contributed by atoms with van der Waals surface area (Å²) in [7, 11) is 0. The van der Waals surface area contributed by atoms with Gasteiger partial charge in [-0.05, 0) is 43.7 Å². The average Bonchev–Trinajstić information content (AvgIpc) is 2.76. The topological polar surface area (TPSA) is 86.3 Å². The number of pyridine rings is 1. The van der Waals surface area contributed by atoms with E-state index < -0.39 is 0 Å². The summed E-state index contributed by atoms with van der Waals surface area (Å²) in [5.74, 6) is 2.91. The van der Waals surface area contributed by atoms with Crippen molar-refractivity contribution in [1.29, 1.82) is 0 Å². The summed E-state index contributed by atoms with van der Waals surface area (Å²) in [6.07, 6.45) is 1.73. The van der Waals surface area contributed by atoms with Crippen LogP contribution in [0.25, 0.3) is 0 Å². The molecule has 0 aliphatic carbocycles. The van der Waals surface area contributed by atoms with E-state index in [1.165, 1.54) is 0 Å². The number of urea groups is 1. The Morgan fingerprint density at radius 2 is 1.81 bits per heavy atom. The van der Waals surface area contributed by atoms with Crippen molar-refractivity contribution < 1.29 is 4.79 Å². The molecule has 0 atom stereocenters. The summed E-state index contributed by atoms with van der Waals surface area (Å²) in [4.78, 5) is 29.9. The molecule has 0 saturated carbocycles. The minimum absolute atomic E-state index is 0.151. The number of hydrogen-bond donors (Lipinski definition) is 2. The van der Waals surface area contributed by atoms with Gasteiger partial charge in [0.05, 0.1) is 10.7 Å². The van der Waals surface area contributed by atoms with Crippen LogP contribution in [0.4, 0.5) is 27.9 Å². The Bertz CT molecular complexity index is 1070. The standard InChI is InChI=1S/C22H24ClN7O/c1-15-6-7-18(17(23)13-15)27-22(31)30-11-9-29(10-12-30)21-14-20(25-16(2)26-21)28-19-5-3-4-8-24-19/h3-8,13-14H,9-12H2,1-2H3,(H,27,31)(H,24,25,26,28). The van der Waals surface area contributed by atoms with Crippen LogP contribution in [0, 0.1) is 13.8 Å². The van der Waals surface area contributed by atoms with E-state index in [-0.39, 0.29) is 6.03 Å². The van der Waals surface area contributed by atoms with Gasteiger partial charge in [-0.2, -0.15) is 0 Å². The number of piperazine rings is 1. The lowest BCUT2D eigenvalue weighted by atomic mass is 10.2. The minimum Gasteiger partial charge on any atom is -0.353 e. The van der Waals surface area contributed by atoms with Crippen LogP contribution in [-0.4, -0.2) is 52.1 Å². The van der Waals surface area contributed by atoms with Crippen molar-refractivity contribution >= 4 is 40.8 Å². The van der Waals surface area contributed by atoms with E-state index in [2.05, 4.69) is 30.5 Å². The highest BCUT2D eigenvalue weighted by molar-refractivity contribution is 6.33. The van der Waals surface area contributed by atoms with Gasteiger partial charge in [0.1, 0.15) is 23.3 Å². The Hall–Kier alpha value is -3.39. The zero-order valence-electron chi connectivity index (χ0n) is 17.5. The summed E-state index contributed by atoms with van der Waals surface area (Å²) in [5.41, 5.74) is 1.67. The van der Waals surface area contributed by atoms with Crippen molar-refractivity contribution in [1.82, 2.24) is 19.9 Å². The molecular weight excluding hydrogens is 414 g/mol. The number of carbonyl (C=O) groups excluding carboxylic acids is 1.